The summed E-state index contributed by atoms with van der Waals surface area (Å²) in [5.41, 5.74) is 3.35. The van der Waals surface area contributed by atoms with E-state index in [1.165, 1.54) is 0 Å². The van der Waals surface area contributed by atoms with Crippen LogP contribution in [0.25, 0.3) is 0 Å². The van der Waals surface area contributed by atoms with Crippen LogP contribution in [-0.2, 0) is 0 Å². The van der Waals surface area contributed by atoms with E-state index in [9.17, 15) is 0 Å². The third-order valence-electron chi connectivity index (χ3n) is 4.00. The van der Waals surface area contributed by atoms with Gasteiger partial charge in [0.1, 0.15) is 0 Å². The lowest BCUT2D eigenvalue weighted by Crippen LogP contribution is -2.27. The average Bonchev–Trinajstić information content (AvgIpc) is 2.91. The predicted octanol–water partition coefficient (Wildman–Crippen LogP) is 4.31. The van der Waals surface area contributed by atoms with Crippen molar-refractivity contribution in [2.45, 2.75) is 6.04 Å². The van der Waals surface area contributed by atoms with Gasteiger partial charge in [-0.1, -0.05) is 41.9 Å². The molecule has 1 atom stereocenters. The second-order valence-corrected chi connectivity index (χ2v) is 6.10. The van der Waals surface area contributed by atoms with Crippen molar-refractivity contribution < 1.29 is 0 Å². The Morgan fingerprint density at radius 3 is 2.73 bits per heavy atom. The molecule has 1 aromatic heterocycles. The highest BCUT2D eigenvalue weighted by atomic mass is 35.5. The number of fused-ring (bicyclic) bond motifs is 2. The summed E-state index contributed by atoms with van der Waals surface area (Å²) in [6, 6.07) is 16.1. The molecule has 4 nitrogen and oxygen atoms in total. The lowest BCUT2D eigenvalue weighted by molar-refractivity contribution is 0.645. The van der Waals surface area contributed by atoms with Crippen LogP contribution in [-0.4, -0.2) is 21.8 Å². The molecule has 6 heteroatoms. The number of aromatic amines is 1. The van der Waals surface area contributed by atoms with Crippen LogP contribution in [0.3, 0.4) is 0 Å². The monoisotopic (exact) mass is 328 g/mol. The van der Waals surface area contributed by atoms with Gasteiger partial charge in [-0.2, -0.15) is 0 Å². The van der Waals surface area contributed by atoms with E-state index in [1.54, 1.807) is 0 Å². The number of nitrogens with zero attached hydrogens (tertiary/aromatic N) is 3. The zero-order chi connectivity index (χ0) is 15.3. The Bertz CT molecular complexity index is 900. The smallest absolute Gasteiger partial charge is 0.230 e. The van der Waals surface area contributed by atoms with Crippen LogP contribution in [0.5, 0.6) is 0 Å². The molecule has 0 aliphatic carbocycles. The highest BCUT2D eigenvalue weighted by Gasteiger charge is 2.31. The first-order chi connectivity index (χ1) is 10.7. The van der Waals surface area contributed by atoms with Gasteiger partial charge >= 0.3 is 0 Å². The van der Waals surface area contributed by atoms with Gasteiger partial charge in [-0.25, -0.2) is 5.10 Å². The van der Waals surface area contributed by atoms with Crippen molar-refractivity contribution in [2.24, 2.45) is 0 Å². The highest BCUT2D eigenvalue weighted by molar-refractivity contribution is 7.71. The summed E-state index contributed by atoms with van der Waals surface area (Å²) in [4.78, 5) is 2.03. The summed E-state index contributed by atoms with van der Waals surface area (Å²) < 4.78 is 2.63. The molecule has 110 valence electrons. The zero-order valence-electron chi connectivity index (χ0n) is 11.8. The minimum absolute atomic E-state index is 0.0349. The van der Waals surface area contributed by atoms with Gasteiger partial charge in [0.2, 0.25) is 5.95 Å². The Balaban J connectivity index is 2.05. The van der Waals surface area contributed by atoms with Crippen molar-refractivity contribution in [3.05, 3.63) is 69.5 Å². The molecule has 0 saturated heterocycles. The minimum atomic E-state index is -0.0349. The molecule has 1 N–H and O–H groups in total. The first-order valence-corrected chi connectivity index (χ1v) is 7.70. The quantitative estimate of drug-likeness (QED) is 0.676. The summed E-state index contributed by atoms with van der Waals surface area (Å²) in [5.74, 6) is 0.800. The predicted molar refractivity (Wildman–Crippen MR) is 90.6 cm³/mol. The third kappa shape index (κ3) is 1.90. The van der Waals surface area contributed by atoms with Gasteiger partial charge in [-0.15, -0.1) is 5.10 Å². The van der Waals surface area contributed by atoms with Crippen LogP contribution >= 0.6 is 23.8 Å². The molecule has 1 aliphatic heterocycles. The van der Waals surface area contributed by atoms with E-state index in [2.05, 4.69) is 22.3 Å². The molecule has 1 aliphatic rings. The largest absolute Gasteiger partial charge is 0.313 e. The van der Waals surface area contributed by atoms with E-state index >= 15 is 0 Å². The number of anilines is 2. The first kappa shape index (κ1) is 13.5. The van der Waals surface area contributed by atoms with Crippen LogP contribution in [0, 0.1) is 4.77 Å². The van der Waals surface area contributed by atoms with Crippen LogP contribution < -0.4 is 4.90 Å². The van der Waals surface area contributed by atoms with Gasteiger partial charge in [0.25, 0.3) is 0 Å². The highest BCUT2D eigenvalue weighted by Crippen LogP contribution is 2.43. The molecular weight excluding hydrogens is 316 g/mol. The van der Waals surface area contributed by atoms with Crippen molar-refractivity contribution in [3.8, 4) is 0 Å². The van der Waals surface area contributed by atoms with E-state index in [0.717, 1.165) is 22.8 Å². The number of halogens is 1. The Kier molecular flexibility index (Phi) is 3.06. The summed E-state index contributed by atoms with van der Waals surface area (Å²) >= 11 is 11.7. The fourth-order valence-corrected chi connectivity index (χ4v) is 3.44. The molecule has 2 heterocycles. The molecule has 0 spiro atoms. The maximum Gasteiger partial charge on any atom is 0.230 e. The van der Waals surface area contributed by atoms with Gasteiger partial charge in [0.15, 0.2) is 4.77 Å². The van der Waals surface area contributed by atoms with Gasteiger partial charge in [0, 0.05) is 23.3 Å². The van der Waals surface area contributed by atoms with Crippen LogP contribution in [0.2, 0.25) is 5.02 Å². The molecule has 1 unspecified atom stereocenters. The second kappa shape index (κ2) is 4.97. The lowest BCUT2D eigenvalue weighted by Gasteiger charge is -2.33. The zero-order valence-corrected chi connectivity index (χ0v) is 13.4. The van der Waals surface area contributed by atoms with E-state index in [0.29, 0.717) is 9.79 Å². The van der Waals surface area contributed by atoms with Gasteiger partial charge < -0.3 is 4.90 Å². The molecule has 3 aromatic rings. The standard InChI is InChI=1S/C16H13ClN4S/c1-20-13-8-7-11(17)9-12(13)14(10-5-3-2-4-6-10)21-15(20)18-19-16(21)22/h2-9,14H,1H3,(H,19,22). The van der Waals surface area contributed by atoms with E-state index in [4.69, 9.17) is 23.8 Å². The lowest BCUT2D eigenvalue weighted by atomic mass is 9.95. The van der Waals surface area contributed by atoms with Gasteiger partial charge in [-0.05, 0) is 36.0 Å². The summed E-state index contributed by atoms with van der Waals surface area (Å²) in [6.45, 7) is 0. The van der Waals surface area contributed by atoms with Crippen molar-refractivity contribution >= 4 is 35.5 Å². The average molecular weight is 329 g/mol. The molecule has 0 amide bonds. The maximum absolute atomic E-state index is 6.24. The maximum atomic E-state index is 6.24. The first-order valence-electron chi connectivity index (χ1n) is 6.92. The second-order valence-electron chi connectivity index (χ2n) is 5.27. The topological polar surface area (TPSA) is 36.9 Å². The fraction of sp³-hybridized carbons (Fsp3) is 0.125. The molecule has 4 rings (SSSR count). The molecule has 2 aromatic carbocycles. The SMILES string of the molecule is CN1c2ccc(Cl)cc2C(c2ccccc2)n2c1n[nH]c2=S. The fourth-order valence-electron chi connectivity index (χ4n) is 3.03. The summed E-state index contributed by atoms with van der Waals surface area (Å²) in [7, 11) is 1.98. The van der Waals surface area contributed by atoms with Crippen molar-refractivity contribution in [3.63, 3.8) is 0 Å². The molecule has 0 radical (unpaired) electrons. The number of aromatic nitrogens is 3. The van der Waals surface area contributed by atoms with E-state index in [-0.39, 0.29) is 6.04 Å². The van der Waals surface area contributed by atoms with Crippen molar-refractivity contribution in [2.75, 3.05) is 11.9 Å². The number of rotatable bonds is 1. The molecular formula is C16H13ClN4S. The van der Waals surface area contributed by atoms with Gasteiger partial charge in [-0.3, -0.25) is 4.57 Å². The van der Waals surface area contributed by atoms with Crippen molar-refractivity contribution in [1.29, 1.82) is 0 Å². The van der Waals surface area contributed by atoms with E-state index in [1.807, 2.05) is 52.9 Å². The molecule has 0 saturated carbocycles. The Hall–Kier alpha value is -2.11. The number of benzene rings is 2. The number of H-pyrrole nitrogens is 1. The minimum Gasteiger partial charge on any atom is -0.313 e. The summed E-state index contributed by atoms with van der Waals surface area (Å²) in [5, 5.41) is 7.99. The molecule has 22 heavy (non-hydrogen) atoms. The normalized spacial score (nSPS) is 16.3. The molecule has 0 bridgehead atoms. The number of nitrogens with one attached hydrogen (secondary N) is 1. The molecule has 0 fully saturated rings. The van der Waals surface area contributed by atoms with Gasteiger partial charge in [0.05, 0.1) is 6.04 Å². The number of hydrogen-bond donors (Lipinski definition) is 1. The Morgan fingerprint density at radius 1 is 1.18 bits per heavy atom. The third-order valence-corrected chi connectivity index (χ3v) is 4.53. The van der Waals surface area contributed by atoms with E-state index < -0.39 is 0 Å². The van der Waals surface area contributed by atoms with Crippen molar-refractivity contribution in [1.82, 2.24) is 14.8 Å². The van der Waals surface area contributed by atoms with Crippen LogP contribution in [0.4, 0.5) is 11.6 Å². The Labute approximate surface area is 138 Å². The summed E-state index contributed by atoms with van der Waals surface area (Å²) in [6.07, 6.45) is 0. The van der Waals surface area contributed by atoms with Crippen LogP contribution in [0.1, 0.15) is 17.2 Å². The number of hydrogen-bond acceptors (Lipinski definition) is 3. The Morgan fingerprint density at radius 2 is 1.95 bits per heavy atom. The van der Waals surface area contributed by atoms with Crippen LogP contribution in [0.15, 0.2) is 48.5 Å².